The first-order valence-corrected chi connectivity index (χ1v) is 8.76. The maximum absolute atomic E-state index is 13.9. The van der Waals surface area contributed by atoms with Crippen LogP contribution in [0.1, 0.15) is 26.4 Å². The van der Waals surface area contributed by atoms with Gasteiger partial charge in [0.25, 0.3) is 5.91 Å². The van der Waals surface area contributed by atoms with Crippen LogP contribution in [0.3, 0.4) is 0 Å². The van der Waals surface area contributed by atoms with Crippen molar-refractivity contribution in [3.05, 3.63) is 83.4 Å². The predicted molar refractivity (Wildman–Crippen MR) is 101 cm³/mol. The molecule has 0 radical (unpaired) electrons. The van der Waals surface area contributed by atoms with Crippen LogP contribution >= 0.6 is 0 Å². The van der Waals surface area contributed by atoms with Gasteiger partial charge >= 0.3 is 18.1 Å². The first kappa shape index (κ1) is 22.8. The van der Waals surface area contributed by atoms with Gasteiger partial charge in [0.2, 0.25) is 0 Å². The molecule has 3 aromatic rings. The highest BCUT2D eigenvalue weighted by Gasteiger charge is 2.58. The monoisotopic (exact) mass is 454 g/mol. The standard InChI is InChI=1S/C21H12F6N2O3/c22-13-4-1-11(2-5-13)16-9-12(20(23,24)21(25,26)27)3-7-15(16)18(30)29-14-6-8-17(19(31)32)28-10-14/h1-10H,(H,29,30)(H,31,32). The Hall–Kier alpha value is -3.89. The van der Waals surface area contributed by atoms with E-state index in [1.807, 2.05) is 0 Å². The van der Waals surface area contributed by atoms with Crippen LogP contribution in [0.2, 0.25) is 0 Å². The fourth-order valence-corrected chi connectivity index (χ4v) is 2.76. The number of hydrogen-bond acceptors (Lipinski definition) is 3. The third kappa shape index (κ3) is 4.56. The third-order valence-electron chi connectivity index (χ3n) is 4.38. The number of halogens is 6. The molecule has 2 N–H and O–H groups in total. The van der Waals surface area contributed by atoms with Gasteiger partial charge in [0.1, 0.15) is 11.5 Å². The number of hydrogen-bond donors (Lipinski definition) is 2. The van der Waals surface area contributed by atoms with Crippen molar-refractivity contribution in [3.8, 4) is 11.1 Å². The number of benzene rings is 2. The summed E-state index contributed by atoms with van der Waals surface area (Å²) in [6.07, 6.45) is -4.83. The van der Waals surface area contributed by atoms with E-state index < -0.39 is 35.4 Å². The van der Waals surface area contributed by atoms with Gasteiger partial charge in [-0.15, -0.1) is 0 Å². The number of carbonyl (C=O) groups excluding carboxylic acids is 1. The number of amides is 1. The summed E-state index contributed by atoms with van der Waals surface area (Å²) in [4.78, 5) is 27.2. The van der Waals surface area contributed by atoms with Gasteiger partial charge < -0.3 is 10.4 Å². The molecule has 0 spiro atoms. The Labute approximate surface area is 176 Å². The van der Waals surface area contributed by atoms with E-state index in [0.717, 1.165) is 42.6 Å². The van der Waals surface area contributed by atoms with Gasteiger partial charge in [0, 0.05) is 11.1 Å². The number of carbonyl (C=O) groups is 2. The van der Waals surface area contributed by atoms with Gasteiger partial charge in [-0.25, -0.2) is 14.2 Å². The Kier molecular flexibility index (Phi) is 5.93. The summed E-state index contributed by atoms with van der Waals surface area (Å²) < 4.78 is 79.4. The molecule has 5 nitrogen and oxygen atoms in total. The Balaban J connectivity index is 2.05. The first-order valence-electron chi connectivity index (χ1n) is 8.76. The number of nitrogens with zero attached hydrogens (tertiary/aromatic N) is 1. The van der Waals surface area contributed by atoms with E-state index in [0.29, 0.717) is 12.1 Å². The first-order chi connectivity index (χ1) is 14.9. The number of carboxylic acid groups (broad SMARTS) is 1. The van der Waals surface area contributed by atoms with Crippen molar-refractivity contribution in [1.29, 1.82) is 0 Å². The molecular weight excluding hydrogens is 442 g/mol. The summed E-state index contributed by atoms with van der Waals surface area (Å²) in [6, 6.07) is 8.27. The summed E-state index contributed by atoms with van der Waals surface area (Å²) in [5.41, 5.74) is -2.19. The molecule has 0 atom stereocenters. The van der Waals surface area contributed by atoms with E-state index in [9.17, 15) is 35.9 Å². The van der Waals surface area contributed by atoms with Crippen molar-refractivity contribution in [3.63, 3.8) is 0 Å². The van der Waals surface area contributed by atoms with Gasteiger partial charge in [-0.05, 0) is 47.5 Å². The number of carboxylic acids is 1. The number of alkyl halides is 5. The molecule has 0 aliphatic heterocycles. The molecule has 0 aliphatic rings. The molecule has 1 amide bonds. The van der Waals surface area contributed by atoms with Crippen molar-refractivity contribution in [2.45, 2.75) is 12.1 Å². The molecule has 0 aliphatic carbocycles. The number of nitrogens with one attached hydrogen (secondary N) is 1. The van der Waals surface area contributed by atoms with E-state index in [1.165, 1.54) is 6.07 Å². The molecule has 0 saturated carbocycles. The SMILES string of the molecule is O=C(O)c1ccc(NC(=O)c2ccc(C(F)(F)C(F)(F)F)cc2-c2ccc(F)cc2)cn1. The number of aromatic nitrogens is 1. The lowest BCUT2D eigenvalue weighted by atomic mass is 9.94. The van der Waals surface area contributed by atoms with Crippen LogP contribution in [0.15, 0.2) is 60.8 Å². The molecule has 3 rings (SSSR count). The predicted octanol–water partition coefficient (Wildman–Crippen LogP) is 5.49. The Bertz CT molecular complexity index is 1160. The van der Waals surface area contributed by atoms with Gasteiger partial charge in [-0.2, -0.15) is 22.0 Å². The molecule has 0 bridgehead atoms. The molecule has 1 aromatic heterocycles. The van der Waals surface area contributed by atoms with Crippen LogP contribution in [-0.4, -0.2) is 28.1 Å². The molecule has 2 aromatic carbocycles. The summed E-state index contributed by atoms with van der Waals surface area (Å²) in [7, 11) is 0. The minimum Gasteiger partial charge on any atom is -0.477 e. The minimum atomic E-state index is -5.87. The molecule has 11 heteroatoms. The topological polar surface area (TPSA) is 79.3 Å². The fraction of sp³-hybridized carbons (Fsp3) is 0.0952. The second-order valence-electron chi connectivity index (χ2n) is 6.53. The summed E-state index contributed by atoms with van der Waals surface area (Å²) >= 11 is 0. The average molecular weight is 454 g/mol. The summed E-state index contributed by atoms with van der Waals surface area (Å²) in [5.74, 6) is -8.06. The number of aromatic carboxylic acids is 1. The summed E-state index contributed by atoms with van der Waals surface area (Å²) in [6.45, 7) is 0. The number of rotatable bonds is 5. The smallest absolute Gasteiger partial charge is 0.458 e. The quantitative estimate of drug-likeness (QED) is 0.500. The molecule has 0 saturated heterocycles. The highest BCUT2D eigenvalue weighted by Crippen LogP contribution is 2.45. The van der Waals surface area contributed by atoms with Gasteiger partial charge in [-0.3, -0.25) is 4.79 Å². The van der Waals surface area contributed by atoms with Gasteiger partial charge in [-0.1, -0.05) is 18.2 Å². The Morgan fingerprint density at radius 1 is 0.906 bits per heavy atom. The fourth-order valence-electron chi connectivity index (χ4n) is 2.76. The Morgan fingerprint density at radius 3 is 2.09 bits per heavy atom. The zero-order valence-electron chi connectivity index (χ0n) is 15.8. The van der Waals surface area contributed by atoms with Crippen molar-refractivity contribution in [1.82, 2.24) is 4.98 Å². The van der Waals surface area contributed by atoms with Crippen molar-refractivity contribution >= 4 is 17.6 Å². The van der Waals surface area contributed by atoms with Crippen LogP contribution in [-0.2, 0) is 5.92 Å². The zero-order valence-corrected chi connectivity index (χ0v) is 15.8. The van der Waals surface area contributed by atoms with Crippen LogP contribution in [0, 0.1) is 5.82 Å². The second kappa shape index (κ2) is 8.33. The van der Waals surface area contributed by atoms with E-state index in [4.69, 9.17) is 5.11 Å². The normalized spacial score (nSPS) is 11.8. The van der Waals surface area contributed by atoms with Crippen molar-refractivity contribution < 1.29 is 41.0 Å². The second-order valence-corrected chi connectivity index (χ2v) is 6.53. The third-order valence-corrected chi connectivity index (χ3v) is 4.38. The van der Waals surface area contributed by atoms with Crippen LogP contribution in [0.25, 0.3) is 11.1 Å². The van der Waals surface area contributed by atoms with Crippen LogP contribution < -0.4 is 5.32 Å². The van der Waals surface area contributed by atoms with E-state index in [-0.39, 0.29) is 28.1 Å². The van der Waals surface area contributed by atoms with Crippen LogP contribution in [0.4, 0.5) is 32.0 Å². The maximum Gasteiger partial charge on any atom is 0.458 e. The van der Waals surface area contributed by atoms with Gasteiger partial charge in [0.15, 0.2) is 0 Å². The molecular formula is C21H12F6N2O3. The van der Waals surface area contributed by atoms with E-state index >= 15 is 0 Å². The van der Waals surface area contributed by atoms with Crippen molar-refractivity contribution in [2.75, 3.05) is 5.32 Å². The lowest BCUT2D eigenvalue weighted by Gasteiger charge is -2.21. The molecule has 0 fully saturated rings. The lowest BCUT2D eigenvalue weighted by molar-refractivity contribution is -0.289. The minimum absolute atomic E-state index is 0.0238. The number of anilines is 1. The maximum atomic E-state index is 13.9. The Morgan fingerprint density at radius 2 is 1.56 bits per heavy atom. The molecule has 1 heterocycles. The highest BCUT2D eigenvalue weighted by molar-refractivity contribution is 6.08. The lowest BCUT2D eigenvalue weighted by Crippen LogP contribution is -2.33. The highest BCUT2D eigenvalue weighted by atomic mass is 19.4. The largest absolute Gasteiger partial charge is 0.477 e. The molecule has 0 unspecified atom stereocenters. The van der Waals surface area contributed by atoms with E-state index in [1.54, 1.807) is 0 Å². The zero-order chi connectivity index (χ0) is 23.7. The van der Waals surface area contributed by atoms with E-state index in [2.05, 4.69) is 10.3 Å². The van der Waals surface area contributed by atoms with Gasteiger partial charge in [0.05, 0.1) is 11.9 Å². The van der Waals surface area contributed by atoms with Crippen molar-refractivity contribution in [2.24, 2.45) is 0 Å². The van der Waals surface area contributed by atoms with Crippen LogP contribution in [0.5, 0.6) is 0 Å². The summed E-state index contributed by atoms with van der Waals surface area (Å²) in [5, 5.41) is 11.2. The average Bonchev–Trinajstić information content (AvgIpc) is 2.73. The molecule has 32 heavy (non-hydrogen) atoms. The number of pyridine rings is 1. The molecule has 166 valence electrons.